The Morgan fingerprint density at radius 1 is 0.947 bits per heavy atom. The van der Waals surface area contributed by atoms with Crippen LogP contribution >= 0.6 is 0 Å². The fourth-order valence-electron chi connectivity index (χ4n) is 11.1. The van der Waals surface area contributed by atoms with Crippen LogP contribution in [0.2, 0.25) is 0 Å². The highest BCUT2D eigenvalue weighted by atomic mass is 16.7. The van der Waals surface area contributed by atoms with Crippen molar-refractivity contribution in [2.45, 2.75) is 134 Å². The number of rotatable bonds is 3. The number of methoxy groups -OCH3 is 1. The van der Waals surface area contributed by atoms with Crippen LogP contribution in [-0.4, -0.2) is 72.0 Å². The summed E-state index contributed by atoms with van der Waals surface area (Å²) >= 11 is 0. The second-order valence-corrected chi connectivity index (χ2v) is 14.3. The lowest BCUT2D eigenvalue weighted by Gasteiger charge is -2.67. The van der Waals surface area contributed by atoms with Crippen molar-refractivity contribution in [1.82, 2.24) is 0 Å². The molecule has 7 rings (SSSR count). The summed E-state index contributed by atoms with van der Waals surface area (Å²) in [6.45, 7) is 6.78. The molecule has 8 nitrogen and oxygen atoms in total. The maximum Gasteiger partial charge on any atom is 0.308 e. The lowest BCUT2D eigenvalue weighted by Crippen LogP contribution is -2.67. The number of hydrogen-bond donors (Lipinski definition) is 2. The van der Waals surface area contributed by atoms with Gasteiger partial charge in [0.1, 0.15) is 18.3 Å². The monoisotopic (exact) mass is 534 g/mol. The highest BCUT2D eigenvalue weighted by Crippen LogP contribution is 2.74. The van der Waals surface area contributed by atoms with Gasteiger partial charge in [0, 0.05) is 18.4 Å². The fourth-order valence-corrected chi connectivity index (χ4v) is 11.1. The van der Waals surface area contributed by atoms with Crippen LogP contribution in [0.15, 0.2) is 0 Å². The number of carbonyl (C=O) groups excluding carboxylic acids is 1. The Morgan fingerprint density at radius 3 is 2.53 bits per heavy atom. The van der Waals surface area contributed by atoms with Crippen molar-refractivity contribution in [2.24, 2.45) is 40.4 Å². The average molecular weight is 535 g/mol. The summed E-state index contributed by atoms with van der Waals surface area (Å²) in [5.41, 5.74) is 0.203. The van der Waals surface area contributed by atoms with E-state index in [4.69, 9.17) is 23.7 Å². The van der Waals surface area contributed by atoms with E-state index in [9.17, 15) is 15.0 Å². The molecule has 15 atom stereocenters. The van der Waals surface area contributed by atoms with Gasteiger partial charge in [-0.15, -0.1) is 0 Å². The molecule has 0 radical (unpaired) electrons. The molecule has 3 saturated heterocycles. The van der Waals surface area contributed by atoms with E-state index in [1.807, 2.05) is 0 Å². The fraction of sp³-hybridized carbons (Fsp3) is 0.967. The zero-order valence-corrected chi connectivity index (χ0v) is 23.3. The first-order valence-corrected chi connectivity index (χ1v) is 15.2. The number of aliphatic hydroxyl groups excluding tert-OH is 2. The number of hydrogen-bond acceptors (Lipinski definition) is 8. The number of carbonyl (C=O) groups is 1. The second-order valence-electron chi connectivity index (χ2n) is 14.3. The van der Waals surface area contributed by atoms with Crippen LogP contribution in [0.4, 0.5) is 0 Å². The van der Waals surface area contributed by atoms with E-state index in [1.54, 1.807) is 6.92 Å². The van der Waals surface area contributed by atoms with Crippen molar-refractivity contribution in [2.75, 3.05) is 7.11 Å². The third kappa shape index (κ3) is 3.40. The first-order chi connectivity index (χ1) is 18.1. The zero-order valence-electron chi connectivity index (χ0n) is 23.3. The van der Waals surface area contributed by atoms with Crippen molar-refractivity contribution in [3.63, 3.8) is 0 Å². The SMILES string of the molecule is CO[C@@H]1[C@H](O)[C@H](O[C@@H]2CC[C@@]3(C)[C@H](CC[C@@H]4[C@@H]3CC[C@]3(C)[C@@H]5CC[C@@]43O[C@H]3OC(=O)C[C@H]35)C2)O[C@@H](C)[C@@H]1O. The molecule has 0 aromatic rings. The van der Waals surface area contributed by atoms with E-state index >= 15 is 0 Å². The van der Waals surface area contributed by atoms with Gasteiger partial charge in [0.2, 0.25) is 6.29 Å². The van der Waals surface area contributed by atoms with Crippen LogP contribution in [0.5, 0.6) is 0 Å². The lowest BCUT2D eigenvalue weighted by molar-refractivity contribution is -0.327. The molecule has 2 N–H and O–H groups in total. The van der Waals surface area contributed by atoms with Gasteiger partial charge in [-0.2, -0.15) is 0 Å². The topological polar surface area (TPSA) is 104 Å². The molecule has 3 heterocycles. The minimum absolute atomic E-state index is 0.0247. The molecule has 3 aliphatic heterocycles. The molecule has 0 amide bonds. The molecule has 0 unspecified atom stereocenters. The van der Waals surface area contributed by atoms with Crippen molar-refractivity contribution < 1.29 is 38.7 Å². The van der Waals surface area contributed by atoms with Gasteiger partial charge < -0.3 is 33.9 Å². The van der Waals surface area contributed by atoms with Gasteiger partial charge in [-0.05, 0) is 93.8 Å². The van der Waals surface area contributed by atoms with Crippen LogP contribution < -0.4 is 0 Å². The number of fused-ring (bicyclic) bond motifs is 5. The minimum Gasteiger partial charge on any atom is -0.435 e. The van der Waals surface area contributed by atoms with Gasteiger partial charge in [-0.1, -0.05) is 13.8 Å². The largest absolute Gasteiger partial charge is 0.435 e. The van der Waals surface area contributed by atoms with Crippen LogP contribution in [-0.2, 0) is 28.5 Å². The molecular weight excluding hydrogens is 488 g/mol. The van der Waals surface area contributed by atoms with Gasteiger partial charge >= 0.3 is 5.97 Å². The Hall–Kier alpha value is -0.770. The average Bonchev–Trinajstić information content (AvgIpc) is 3.34. The number of ether oxygens (including phenoxy) is 5. The highest BCUT2D eigenvalue weighted by molar-refractivity contribution is 5.72. The molecule has 0 spiro atoms. The maximum atomic E-state index is 12.2. The Labute approximate surface area is 226 Å². The molecule has 0 aromatic heterocycles. The van der Waals surface area contributed by atoms with Crippen LogP contribution in [0.25, 0.3) is 0 Å². The summed E-state index contributed by atoms with van der Waals surface area (Å²) < 4.78 is 30.4. The van der Waals surface area contributed by atoms with Crippen LogP contribution in [0.3, 0.4) is 0 Å². The van der Waals surface area contributed by atoms with Crippen molar-refractivity contribution >= 4 is 5.97 Å². The molecule has 7 fully saturated rings. The molecule has 4 saturated carbocycles. The molecule has 0 aromatic carbocycles. The van der Waals surface area contributed by atoms with E-state index in [0.717, 1.165) is 44.9 Å². The molecule has 4 aliphatic carbocycles. The van der Waals surface area contributed by atoms with Gasteiger partial charge in [0.05, 0.1) is 24.2 Å². The third-order valence-corrected chi connectivity index (χ3v) is 13.1. The summed E-state index contributed by atoms with van der Waals surface area (Å²) in [4.78, 5) is 12.2. The third-order valence-electron chi connectivity index (χ3n) is 13.1. The summed E-state index contributed by atoms with van der Waals surface area (Å²) in [6.07, 6.45) is 6.35. The maximum absolute atomic E-state index is 12.2. The normalized spacial score (nSPS) is 59.4. The van der Waals surface area contributed by atoms with E-state index in [2.05, 4.69) is 13.8 Å². The molecular formula is C30H46O8. The molecule has 2 bridgehead atoms. The molecule has 214 valence electrons. The van der Waals surface area contributed by atoms with Crippen molar-refractivity contribution in [3.05, 3.63) is 0 Å². The van der Waals surface area contributed by atoms with Gasteiger partial charge in [-0.25, -0.2) is 0 Å². The quantitative estimate of drug-likeness (QED) is 0.419. The van der Waals surface area contributed by atoms with E-state index < -0.39 is 30.7 Å². The van der Waals surface area contributed by atoms with E-state index in [1.165, 1.54) is 20.0 Å². The summed E-state index contributed by atoms with van der Waals surface area (Å²) in [6, 6.07) is 0. The molecule has 38 heavy (non-hydrogen) atoms. The van der Waals surface area contributed by atoms with Gasteiger partial charge in [0.25, 0.3) is 0 Å². The smallest absolute Gasteiger partial charge is 0.308 e. The second kappa shape index (κ2) is 8.86. The Balaban J connectivity index is 1.08. The van der Waals surface area contributed by atoms with E-state index in [0.29, 0.717) is 30.1 Å². The molecule has 8 heteroatoms. The Bertz CT molecular complexity index is 959. The summed E-state index contributed by atoms with van der Waals surface area (Å²) in [5, 5.41) is 21.1. The zero-order chi connectivity index (χ0) is 26.6. The van der Waals surface area contributed by atoms with Crippen LogP contribution in [0.1, 0.15) is 85.0 Å². The van der Waals surface area contributed by atoms with Crippen molar-refractivity contribution in [3.8, 4) is 0 Å². The number of esters is 1. The van der Waals surface area contributed by atoms with E-state index in [-0.39, 0.29) is 40.7 Å². The summed E-state index contributed by atoms with van der Waals surface area (Å²) in [5.74, 6) is 2.36. The first kappa shape index (κ1) is 26.1. The lowest BCUT2D eigenvalue weighted by atomic mass is 9.42. The predicted molar refractivity (Wildman–Crippen MR) is 136 cm³/mol. The first-order valence-electron chi connectivity index (χ1n) is 15.2. The molecule has 7 aliphatic rings. The standard InChI is InChI=1S/C30H46O8/c1-15-23(32)25(34-4)24(33)27(35-15)36-17-7-10-28(2)16(13-17)5-6-21-20(28)8-11-29(3)19-9-12-30(21,29)38-26-18(19)14-22(31)37-26/h15-21,23-27,32-33H,5-14H2,1-4H3/t15-,16+,17+,18-,19+,20-,21+,23-,24-,25-,26+,27-,28-,29+,30+/m0/s1. The van der Waals surface area contributed by atoms with Crippen LogP contribution in [0, 0.1) is 40.4 Å². The highest BCUT2D eigenvalue weighted by Gasteiger charge is 2.74. The predicted octanol–water partition coefficient (Wildman–Crippen LogP) is 3.55. The van der Waals surface area contributed by atoms with Gasteiger partial charge in [-0.3, -0.25) is 4.79 Å². The van der Waals surface area contributed by atoms with Crippen molar-refractivity contribution in [1.29, 1.82) is 0 Å². The number of aliphatic hydroxyl groups is 2. The minimum atomic E-state index is -1.02. The summed E-state index contributed by atoms with van der Waals surface area (Å²) in [7, 11) is 1.50. The van der Waals surface area contributed by atoms with Gasteiger partial charge in [0.15, 0.2) is 6.29 Å². The Kier molecular flexibility index (Phi) is 6.10. The Morgan fingerprint density at radius 2 is 1.74 bits per heavy atom.